The summed E-state index contributed by atoms with van der Waals surface area (Å²) in [6.45, 7) is 5.58. The fourth-order valence-electron chi connectivity index (χ4n) is 5.22. The Labute approximate surface area is 244 Å². The number of halogens is 1. The van der Waals surface area contributed by atoms with Crippen molar-refractivity contribution < 1.29 is 23.5 Å². The van der Waals surface area contributed by atoms with Gasteiger partial charge in [-0.3, -0.25) is 14.6 Å². The SMILES string of the molecule is COc1cc(N(C)C(=O)c2cccnc2)ccc1-c1ccc2c(c1COc1cc(F)ccc1C)N(C)C(=O)C(C)(C)N2. The normalized spacial score (nSPS) is 13.7. The van der Waals surface area contributed by atoms with Gasteiger partial charge in [-0.1, -0.05) is 12.1 Å². The van der Waals surface area contributed by atoms with Crippen LogP contribution in [0.25, 0.3) is 11.1 Å². The van der Waals surface area contributed by atoms with Gasteiger partial charge < -0.3 is 24.6 Å². The van der Waals surface area contributed by atoms with E-state index in [9.17, 15) is 14.0 Å². The third-order valence-electron chi connectivity index (χ3n) is 7.50. The zero-order valence-corrected chi connectivity index (χ0v) is 24.5. The predicted molar refractivity (Wildman–Crippen MR) is 162 cm³/mol. The van der Waals surface area contributed by atoms with Crippen molar-refractivity contribution in [1.29, 1.82) is 0 Å². The Morgan fingerprint density at radius 3 is 2.55 bits per heavy atom. The maximum Gasteiger partial charge on any atom is 0.259 e. The molecule has 1 aliphatic rings. The molecule has 1 N–H and O–H groups in total. The van der Waals surface area contributed by atoms with E-state index in [1.54, 1.807) is 56.6 Å². The van der Waals surface area contributed by atoms with Crippen LogP contribution in [-0.4, -0.2) is 43.5 Å². The van der Waals surface area contributed by atoms with Crippen LogP contribution in [0.3, 0.4) is 0 Å². The molecular weight excluding hydrogens is 535 g/mol. The minimum absolute atomic E-state index is 0.0623. The van der Waals surface area contributed by atoms with Crippen molar-refractivity contribution in [3.8, 4) is 22.6 Å². The Bertz CT molecular complexity index is 1670. The molecule has 2 heterocycles. The third kappa shape index (κ3) is 5.25. The smallest absolute Gasteiger partial charge is 0.259 e. The fraction of sp³-hybridized carbons (Fsp3) is 0.242. The molecule has 4 aromatic rings. The van der Waals surface area contributed by atoms with E-state index in [1.165, 1.54) is 23.2 Å². The lowest BCUT2D eigenvalue weighted by atomic mass is 9.91. The summed E-state index contributed by atoms with van der Waals surface area (Å²) in [5.41, 5.74) is 4.76. The van der Waals surface area contributed by atoms with E-state index in [0.717, 1.165) is 27.9 Å². The summed E-state index contributed by atoms with van der Waals surface area (Å²) >= 11 is 0. The Kier molecular flexibility index (Phi) is 7.60. The van der Waals surface area contributed by atoms with Gasteiger partial charge in [-0.15, -0.1) is 0 Å². The maximum absolute atomic E-state index is 14.1. The number of rotatable bonds is 7. The molecule has 9 heteroatoms. The summed E-state index contributed by atoms with van der Waals surface area (Å²) in [4.78, 5) is 33.6. The molecule has 0 radical (unpaired) electrons. The second-order valence-corrected chi connectivity index (χ2v) is 10.8. The lowest BCUT2D eigenvalue weighted by molar-refractivity contribution is -0.121. The van der Waals surface area contributed by atoms with Gasteiger partial charge >= 0.3 is 0 Å². The molecule has 3 aromatic carbocycles. The van der Waals surface area contributed by atoms with Crippen LogP contribution in [0.4, 0.5) is 21.5 Å². The minimum Gasteiger partial charge on any atom is -0.496 e. The first kappa shape index (κ1) is 28.6. The Balaban J connectivity index is 1.60. The van der Waals surface area contributed by atoms with Crippen molar-refractivity contribution in [3.63, 3.8) is 0 Å². The van der Waals surface area contributed by atoms with Crippen molar-refractivity contribution in [1.82, 2.24) is 4.98 Å². The molecule has 1 aliphatic heterocycles. The molecule has 42 heavy (non-hydrogen) atoms. The topological polar surface area (TPSA) is 84.0 Å². The molecule has 216 valence electrons. The van der Waals surface area contributed by atoms with Gasteiger partial charge in [-0.2, -0.15) is 0 Å². The summed E-state index contributed by atoms with van der Waals surface area (Å²) in [5.74, 6) is 0.228. The van der Waals surface area contributed by atoms with Crippen LogP contribution in [0.5, 0.6) is 11.5 Å². The van der Waals surface area contributed by atoms with Gasteiger partial charge in [0.05, 0.1) is 24.0 Å². The maximum atomic E-state index is 14.1. The first-order valence-electron chi connectivity index (χ1n) is 13.5. The number of benzene rings is 3. The van der Waals surface area contributed by atoms with Crippen molar-refractivity contribution >= 4 is 28.9 Å². The van der Waals surface area contributed by atoms with Gasteiger partial charge in [0.25, 0.3) is 11.8 Å². The monoisotopic (exact) mass is 568 g/mol. The highest BCUT2D eigenvalue weighted by Crippen LogP contribution is 2.45. The summed E-state index contributed by atoms with van der Waals surface area (Å²) in [7, 11) is 5.00. The van der Waals surface area contributed by atoms with Crippen molar-refractivity contribution in [2.24, 2.45) is 0 Å². The van der Waals surface area contributed by atoms with Crippen molar-refractivity contribution in [2.45, 2.75) is 32.9 Å². The molecule has 0 aliphatic carbocycles. The number of aryl methyl sites for hydroxylation is 1. The molecule has 0 unspecified atom stereocenters. The molecule has 8 nitrogen and oxygen atoms in total. The van der Waals surface area contributed by atoms with Gasteiger partial charge in [-0.05, 0) is 68.3 Å². The first-order valence-corrected chi connectivity index (χ1v) is 13.5. The molecule has 2 amide bonds. The molecule has 0 fully saturated rings. The third-order valence-corrected chi connectivity index (χ3v) is 7.50. The first-order chi connectivity index (χ1) is 20.0. The number of amides is 2. The van der Waals surface area contributed by atoms with Crippen LogP contribution in [0.15, 0.2) is 73.1 Å². The van der Waals surface area contributed by atoms with Gasteiger partial charge in [0.1, 0.15) is 29.5 Å². The molecule has 0 saturated heterocycles. The van der Waals surface area contributed by atoms with Gasteiger partial charge in [0.15, 0.2) is 0 Å². The number of nitrogens with zero attached hydrogens (tertiary/aromatic N) is 3. The van der Waals surface area contributed by atoms with Gasteiger partial charge in [0, 0.05) is 55.4 Å². The molecule has 0 bridgehead atoms. The number of likely N-dealkylation sites (N-methyl/N-ethyl adjacent to an activating group) is 1. The zero-order chi connectivity index (χ0) is 30.2. The Morgan fingerprint density at radius 1 is 1.07 bits per heavy atom. The molecule has 0 spiro atoms. The fourth-order valence-corrected chi connectivity index (χ4v) is 5.22. The number of carbonyl (C=O) groups is 2. The standard InChI is InChI=1S/C33H33FN4O4/c1-20-9-10-22(34)16-28(20)42-19-26-24(13-14-27-30(26)38(5)32(40)33(2,3)36-27)25-12-11-23(17-29(25)41-6)37(4)31(39)21-8-7-15-35-18-21/h7-18,36H,19H2,1-6H3. The number of ether oxygens (including phenoxy) is 2. The van der Waals surface area contributed by atoms with Crippen LogP contribution in [0.1, 0.15) is 35.3 Å². The highest BCUT2D eigenvalue weighted by molar-refractivity contribution is 6.09. The highest BCUT2D eigenvalue weighted by atomic mass is 19.1. The van der Waals surface area contributed by atoms with E-state index in [0.29, 0.717) is 28.4 Å². The van der Waals surface area contributed by atoms with Crippen LogP contribution in [-0.2, 0) is 11.4 Å². The Hall–Kier alpha value is -4.92. The number of pyridine rings is 1. The molecule has 1 aromatic heterocycles. The van der Waals surface area contributed by atoms with E-state index < -0.39 is 11.4 Å². The number of anilines is 3. The minimum atomic E-state index is -0.800. The molecular formula is C33H33FN4O4. The summed E-state index contributed by atoms with van der Waals surface area (Å²) in [5, 5.41) is 3.35. The van der Waals surface area contributed by atoms with Crippen LogP contribution in [0.2, 0.25) is 0 Å². The number of carbonyl (C=O) groups excluding carboxylic acids is 2. The average molecular weight is 569 g/mol. The second-order valence-electron chi connectivity index (χ2n) is 10.8. The Morgan fingerprint density at radius 2 is 1.83 bits per heavy atom. The highest BCUT2D eigenvalue weighted by Gasteiger charge is 2.38. The number of aromatic nitrogens is 1. The molecule has 5 rings (SSSR count). The largest absolute Gasteiger partial charge is 0.496 e. The molecule has 0 saturated carbocycles. The second kappa shape index (κ2) is 11.2. The predicted octanol–water partition coefficient (Wildman–Crippen LogP) is 6.23. The van der Waals surface area contributed by atoms with E-state index in [2.05, 4.69) is 10.3 Å². The average Bonchev–Trinajstić information content (AvgIpc) is 2.99. The lowest BCUT2D eigenvalue weighted by Crippen LogP contribution is -2.52. The van der Waals surface area contributed by atoms with E-state index in [1.807, 2.05) is 45.0 Å². The number of hydrogen-bond acceptors (Lipinski definition) is 6. The molecule has 0 atom stereocenters. The van der Waals surface area contributed by atoms with Crippen LogP contribution >= 0.6 is 0 Å². The van der Waals surface area contributed by atoms with Gasteiger partial charge in [-0.25, -0.2) is 4.39 Å². The van der Waals surface area contributed by atoms with E-state index in [4.69, 9.17) is 9.47 Å². The number of methoxy groups -OCH3 is 1. The lowest BCUT2D eigenvalue weighted by Gasteiger charge is -2.39. The summed E-state index contributed by atoms with van der Waals surface area (Å²) in [6, 6.07) is 17.2. The number of nitrogens with one attached hydrogen (secondary N) is 1. The number of fused-ring (bicyclic) bond motifs is 1. The van der Waals surface area contributed by atoms with E-state index >= 15 is 0 Å². The van der Waals surface area contributed by atoms with Crippen molar-refractivity contribution in [2.75, 3.05) is 36.3 Å². The van der Waals surface area contributed by atoms with E-state index in [-0.39, 0.29) is 18.4 Å². The zero-order valence-electron chi connectivity index (χ0n) is 24.5. The van der Waals surface area contributed by atoms with Crippen LogP contribution in [0, 0.1) is 12.7 Å². The van der Waals surface area contributed by atoms with Crippen LogP contribution < -0.4 is 24.6 Å². The quantitative estimate of drug-likeness (QED) is 0.285. The summed E-state index contributed by atoms with van der Waals surface area (Å²) < 4.78 is 26.1. The number of hydrogen-bond donors (Lipinski definition) is 1. The summed E-state index contributed by atoms with van der Waals surface area (Å²) in [6.07, 6.45) is 3.14. The van der Waals surface area contributed by atoms with Gasteiger partial charge in [0.2, 0.25) is 0 Å². The van der Waals surface area contributed by atoms with Crippen molar-refractivity contribution in [3.05, 3.63) is 95.6 Å².